The molecule has 1 aromatic heterocycles. The van der Waals surface area contributed by atoms with E-state index in [0.717, 1.165) is 54.3 Å². The summed E-state index contributed by atoms with van der Waals surface area (Å²) in [5.74, 6) is 1.66. The Hall–Kier alpha value is -3.11. The molecular formula is C28H30N2O2. The van der Waals surface area contributed by atoms with Crippen molar-refractivity contribution in [2.75, 3.05) is 26.3 Å². The van der Waals surface area contributed by atoms with Crippen molar-refractivity contribution < 1.29 is 9.47 Å². The molecule has 0 N–H and O–H groups in total. The molecular weight excluding hydrogens is 396 g/mol. The van der Waals surface area contributed by atoms with Gasteiger partial charge in [-0.05, 0) is 66.9 Å². The molecule has 5 rings (SSSR count). The molecule has 1 aliphatic rings. The summed E-state index contributed by atoms with van der Waals surface area (Å²) in [4.78, 5) is 7.75. The van der Waals surface area contributed by atoms with E-state index in [1.807, 2.05) is 26.0 Å². The Morgan fingerprint density at radius 3 is 2.56 bits per heavy atom. The number of likely N-dealkylation sites (N-methyl/N-ethyl adjacent to an activating group) is 1. The minimum atomic E-state index is 0.601. The average Bonchev–Trinajstić information content (AvgIpc) is 2.83. The molecule has 164 valence electrons. The Balaban J connectivity index is 1.80. The highest BCUT2D eigenvalue weighted by molar-refractivity contribution is 6.09. The van der Waals surface area contributed by atoms with Gasteiger partial charge in [-0.3, -0.25) is 4.90 Å². The third-order valence-corrected chi connectivity index (χ3v) is 6.42. The Morgan fingerprint density at radius 1 is 0.906 bits per heavy atom. The smallest absolute Gasteiger partial charge is 0.132 e. The van der Waals surface area contributed by atoms with Crippen LogP contribution in [-0.4, -0.2) is 36.2 Å². The number of hydrogen-bond acceptors (Lipinski definition) is 4. The van der Waals surface area contributed by atoms with Crippen molar-refractivity contribution >= 4 is 21.7 Å². The number of pyridine rings is 1. The fourth-order valence-corrected chi connectivity index (χ4v) is 4.89. The third-order valence-electron chi connectivity index (χ3n) is 6.42. The summed E-state index contributed by atoms with van der Waals surface area (Å²) in [5.41, 5.74) is 5.89. The maximum absolute atomic E-state index is 6.07. The Kier molecular flexibility index (Phi) is 5.71. The van der Waals surface area contributed by atoms with E-state index in [0.29, 0.717) is 13.2 Å². The summed E-state index contributed by atoms with van der Waals surface area (Å²) in [6, 6.07) is 19.1. The van der Waals surface area contributed by atoms with Crippen LogP contribution in [0.4, 0.5) is 0 Å². The number of hydrogen-bond donors (Lipinski definition) is 0. The van der Waals surface area contributed by atoms with Crippen LogP contribution in [0.3, 0.4) is 0 Å². The maximum atomic E-state index is 6.07. The normalized spacial score (nSPS) is 14.0. The molecule has 0 fully saturated rings. The van der Waals surface area contributed by atoms with E-state index in [-0.39, 0.29) is 0 Å². The Labute approximate surface area is 189 Å². The van der Waals surface area contributed by atoms with Crippen LogP contribution in [0.2, 0.25) is 0 Å². The SMILES string of the molecule is CCOc1ccc(-c2nc3ccc4ccccc4c3c3c2CN(CC)CC3)c(OCC)c1. The van der Waals surface area contributed by atoms with Crippen LogP contribution in [0.1, 0.15) is 31.9 Å². The van der Waals surface area contributed by atoms with E-state index in [2.05, 4.69) is 54.3 Å². The number of benzene rings is 3. The summed E-state index contributed by atoms with van der Waals surface area (Å²) in [5, 5.41) is 3.87. The van der Waals surface area contributed by atoms with E-state index < -0.39 is 0 Å². The largest absolute Gasteiger partial charge is 0.494 e. The number of nitrogens with zero attached hydrogens (tertiary/aromatic N) is 2. The molecule has 3 aromatic carbocycles. The molecule has 4 nitrogen and oxygen atoms in total. The summed E-state index contributed by atoms with van der Waals surface area (Å²) in [6.07, 6.45) is 1.03. The lowest BCUT2D eigenvalue weighted by atomic mass is 9.89. The summed E-state index contributed by atoms with van der Waals surface area (Å²) in [6.45, 7) is 10.5. The predicted octanol–water partition coefficient (Wildman–Crippen LogP) is 6.23. The number of aromatic nitrogens is 1. The van der Waals surface area contributed by atoms with Gasteiger partial charge in [0.2, 0.25) is 0 Å². The zero-order valence-corrected chi connectivity index (χ0v) is 19.1. The van der Waals surface area contributed by atoms with E-state index in [9.17, 15) is 0 Å². The molecule has 0 amide bonds. The van der Waals surface area contributed by atoms with Gasteiger partial charge in [0.05, 0.1) is 24.4 Å². The molecule has 0 atom stereocenters. The van der Waals surface area contributed by atoms with Gasteiger partial charge >= 0.3 is 0 Å². The average molecular weight is 427 g/mol. The first-order valence-electron chi connectivity index (χ1n) is 11.7. The van der Waals surface area contributed by atoms with E-state index in [4.69, 9.17) is 14.5 Å². The van der Waals surface area contributed by atoms with Gasteiger partial charge in [0.15, 0.2) is 0 Å². The first-order valence-corrected chi connectivity index (χ1v) is 11.7. The third kappa shape index (κ3) is 3.59. The zero-order chi connectivity index (χ0) is 22.1. The number of ether oxygens (including phenoxy) is 2. The van der Waals surface area contributed by atoms with Gasteiger partial charge in [-0.25, -0.2) is 4.98 Å². The summed E-state index contributed by atoms with van der Waals surface area (Å²) < 4.78 is 11.8. The van der Waals surface area contributed by atoms with E-state index in [1.165, 1.54) is 27.3 Å². The number of fused-ring (bicyclic) bond motifs is 5. The maximum Gasteiger partial charge on any atom is 0.132 e. The van der Waals surface area contributed by atoms with Gasteiger partial charge in [0.1, 0.15) is 11.5 Å². The minimum Gasteiger partial charge on any atom is -0.494 e. The standard InChI is InChI=1S/C28H30N2O2/c1-4-30-16-15-22-24(18-30)28(23-13-12-20(31-5-2)17-26(23)32-6-3)29-25-14-11-19-9-7-8-10-21(19)27(22)25/h7-14,17H,4-6,15-16,18H2,1-3H3. The van der Waals surface area contributed by atoms with Crippen LogP contribution in [-0.2, 0) is 13.0 Å². The highest BCUT2D eigenvalue weighted by Crippen LogP contribution is 2.41. The van der Waals surface area contributed by atoms with Gasteiger partial charge in [0, 0.05) is 30.1 Å². The van der Waals surface area contributed by atoms with E-state index in [1.54, 1.807) is 0 Å². The van der Waals surface area contributed by atoms with Crippen molar-refractivity contribution in [3.63, 3.8) is 0 Å². The second-order valence-corrected chi connectivity index (χ2v) is 8.24. The molecule has 32 heavy (non-hydrogen) atoms. The molecule has 2 heterocycles. The van der Waals surface area contributed by atoms with Crippen LogP contribution in [0.15, 0.2) is 54.6 Å². The van der Waals surface area contributed by atoms with Gasteiger partial charge in [-0.2, -0.15) is 0 Å². The van der Waals surface area contributed by atoms with Crippen LogP contribution in [0.5, 0.6) is 11.5 Å². The molecule has 0 radical (unpaired) electrons. The van der Waals surface area contributed by atoms with Gasteiger partial charge < -0.3 is 9.47 Å². The molecule has 0 unspecified atom stereocenters. The van der Waals surface area contributed by atoms with Crippen molar-refractivity contribution in [1.29, 1.82) is 0 Å². The van der Waals surface area contributed by atoms with Crippen molar-refractivity contribution in [2.24, 2.45) is 0 Å². The molecule has 0 saturated heterocycles. The van der Waals surface area contributed by atoms with Crippen molar-refractivity contribution in [3.05, 3.63) is 65.7 Å². The quantitative estimate of drug-likeness (QED) is 0.342. The van der Waals surface area contributed by atoms with Gasteiger partial charge in [0.25, 0.3) is 0 Å². The monoisotopic (exact) mass is 426 g/mol. The van der Waals surface area contributed by atoms with Gasteiger partial charge in [-0.1, -0.05) is 37.3 Å². The molecule has 4 heteroatoms. The topological polar surface area (TPSA) is 34.6 Å². The minimum absolute atomic E-state index is 0.601. The zero-order valence-electron chi connectivity index (χ0n) is 19.1. The van der Waals surface area contributed by atoms with E-state index >= 15 is 0 Å². The van der Waals surface area contributed by atoms with Crippen molar-refractivity contribution in [3.8, 4) is 22.8 Å². The van der Waals surface area contributed by atoms with Crippen LogP contribution >= 0.6 is 0 Å². The predicted molar refractivity (Wildman–Crippen MR) is 132 cm³/mol. The first-order chi connectivity index (χ1) is 15.7. The van der Waals surface area contributed by atoms with Crippen LogP contribution < -0.4 is 9.47 Å². The van der Waals surface area contributed by atoms with Gasteiger partial charge in [-0.15, -0.1) is 0 Å². The fraction of sp³-hybridized carbons (Fsp3) is 0.321. The molecule has 0 spiro atoms. The van der Waals surface area contributed by atoms with Crippen LogP contribution in [0.25, 0.3) is 32.9 Å². The fourth-order valence-electron chi connectivity index (χ4n) is 4.89. The van der Waals surface area contributed by atoms with Crippen LogP contribution in [0, 0.1) is 0 Å². The molecule has 0 bridgehead atoms. The highest BCUT2D eigenvalue weighted by Gasteiger charge is 2.25. The molecule has 4 aromatic rings. The van der Waals surface area contributed by atoms with Crippen molar-refractivity contribution in [2.45, 2.75) is 33.7 Å². The molecule has 1 aliphatic heterocycles. The lowest BCUT2D eigenvalue weighted by Gasteiger charge is -2.30. The highest BCUT2D eigenvalue weighted by atomic mass is 16.5. The Morgan fingerprint density at radius 2 is 1.75 bits per heavy atom. The second-order valence-electron chi connectivity index (χ2n) is 8.24. The summed E-state index contributed by atoms with van der Waals surface area (Å²) in [7, 11) is 0. The lowest BCUT2D eigenvalue weighted by Crippen LogP contribution is -2.31. The lowest BCUT2D eigenvalue weighted by molar-refractivity contribution is 0.269. The number of rotatable bonds is 6. The summed E-state index contributed by atoms with van der Waals surface area (Å²) >= 11 is 0. The second kappa shape index (κ2) is 8.79. The molecule has 0 aliphatic carbocycles. The van der Waals surface area contributed by atoms with Crippen molar-refractivity contribution in [1.82, 2.24) is 9.88 Å². The first kappa shape index (κ1) is 20.8. The Bertz CT molecular complexity index is 1280. The molecule has 0 saturated carbocycles.